The van der Waals surface area contributed by atoms with Gasteiger partial charge >= 0.3 is 0 Å². The first-order valence-electron chi connectivity index (χ1n) is 19.2. The third-order valence-electron chi connectivity index (χ3n) is 14.2. The van der Waals surface area contributed by atoms with Crippen LogP contribution in [0, 0.1) is 76.4 Å². The van der Waals surface area contributed by atoms with E-state index < -0.39 is 0 Å². The Morgan fingerprint density at radius 3 is 2.05 bits per heavy atom. The molecule has 0 aliphatic heterocycles. The van der Waals surface area contributed by atoms with Gasteiger partial charge < -0.3 is 0 Å². The van der Waals surface area contributed by atoms with E-state index in [9.17, 15) is 0 Å². The van der Waals surface area contributed by atoms with Gasteiger partial charge in [0.1, 0.15) is 0 Å². The Morgan fingerprint density at radius 2 is 1.34 bits per heavy atom. The molecule has 5 aliphatic rings. The summed E-state index contributed by atoms with van der Waals surface area (Å²) in [6.45, 7) is 19.6. The van der Waals surface area contributed by atoms with E-state index in [-0.39, 0.29) is 0 Å². The molecule has 0 aromatic heterocycles. The zero-order valence-corrected chi connectivity index (χ0v) is 28.8. The van der Waals surface area contributed by atoms with E-state index in [0.29, 0.717) is 5.41 Å². The molecule has 0 N–H and O–H groups in total. The van der Waals surface area contributed by atoms with Gasteiger partial charge in [0, 0.05) is 0 Å². The van der Waals surface area contributed by atoms with Crippen LogP contribution >= 0.6 is 0 Å². The number of hydrogen-bond donors (Lipinski definition) is 0. The Bertz CT molecular complexity index is 796. The normalized spacial score (nSPS) is 42.6. The van der Waals surface area contributed by atoms with Gasteiger partial charge in [-0.3, -0.25) is 0 Å². The molecule has 0 bridgehead atoms. The smallest absolute Gasteiger partial charge is 0.0154 e. The van der Waals surface area contributed by atoms with E-state index in [1.54, 1.807) is 56.9 Å². The third-order valence-corrected chi connectivity index (χ3v) is 14.2. The predicted octanol–water partition coefficient (Wildman–Crippen LogP) is 12.9. The van der Waals surface area contributed by atoms with Gasteiger partial charge in [-0.1, -0.05) is 118 Å². The number of fused-ring (bicyclic) bond motifs is 1. The number of rotatable bonds is 10. The second-order valence-electron chi connectivity index (χ2n) is 18.5. The minimum atomic E-state index is 0.495. The maximum Gasteiger partial charge on any atom is -0.0154 e. The molecule has 5 fully saturated rings. The van der Waals surface area contributed by atoms with Crippen molar-refractivity contribution in [2.45, 2.75) is 170 Å². The summed E-state index contributed by atoms with van der Waals surface area (Å²) in [6.07, 6.45) is 30.3. The lowest BCUT2D eigenvalue weighted by Crippen LogP contribution is -2.28. The van der Waals surface area contributed by atoms with Crippen molar-refractivity contribution >= 4 is 0 Å². The Labute approximate surface area is 258 Å². The molecule has 236 valence electrons. The van der Waals surface area contributed by atoms with Crippen LogP contribution in [0.5, 0.6) is 0 Å². The molecular weight excluding hydrogens is 492 g/mol. The molecule has 41 heavy (non-hydrogen) atoms. The van der Waals surface area contributed by atoms with Crippen LogP contribution < -0.4 is 0 Å². The SMILES string of the molecule is C=C(CC1CCCC1C1CC2CCC(CCCC3CCC(C(C)CC(C)(C)C)CC3)CC2C1)C1C(C)CCCC1C. The van der Waals surface area contributed by atoms with Crippen LogP contribution in [-0.2, 0) is 0 Å². The van der Waals surface area contributed by atoms with Crippen molar-refractivity contribution in [3.63, 3.8) is 0 Å². The highest BCUT2D eigenvalue weighted by molar-refractivity contribution is 5.08. The van der Waals surface area contributed by atoms with Crippen LogP contribution in [0.4, 0.5) is 0 Å². The molecule has 9 atom stereocenters. The lowest BCUT2D eigenvalue weighted by Gasteiger charge is -2.38. The molecule has 5 aliphatic carbocycles. The highest BCUT2D eigenvalue weighted by Gasteiger charge is 2.44. The van der Waals surface area contributed by atoms with E-state index in [2.05, 4.69) is 41.5 Å². The fraction of sp³-hybridized carbons (Fsp3) is 0.951. The van der Waals surface area contributed by atoms with E-state index >= 15 is 0 Å². The molecule has 0 spiro atoms. The number of allylic oxidation sites excluding steroid dienone is 1. The topological polar surface area (TPSA) is 0 Å². The van der Waals surface area contributed by atoms with Gasteiger partial charge in [0.25, 0.3) is 0 Å². The quantitative estimate of drug-likeness (QED) is 0.231. The van der Waals surface area contributed by atoms with Gasteiger partial charge in [-0.25, -0.2) is 0 Å². The molecule has 0 heterocycles. The lowest BCUT2D eigenvalue weighted by atomic mass is 9.68. The molecule has 5 saturated carbocycles. The monoisotopic (exact) mass is 565 g/mol. The van der Waals surface area contributed by atoms with Gasteiger partial charge in [0.15, 0.2) is 0 Å². The van der Waals surface area contributed by atoms with E-state index in [1.165, 1.54) is 77.0 Å². The van der Waals surface area contributed by atoms with Crippen LogP contribution in [0.2, 0.25) is 0 Å². The average molecular weight is 565 g/mol. The molecule has 0 saturated heterocycles. The standard InChI is InChI=1S/C41H72/c1-28-11-8-12-29(2)40(28)30(3)23-36-15-10-16-39(36)38-25-35-22-19-33(24-37(35)26-38)14-9-13-32-17-20-34(21-18-32)31(4)27-41(5,6)7/h28-29,31-40H,3,8-27H2,1-2,4-7H3. The van der Waals surface area contributed by atoms with Crippen molar-refractivity contribution in [3.8, 4) is 0 Å². The zero-order chi connectivity index (χ0) is 29.1. The van der Waals surface area contributed by atoms with Crippen LogP contribution in [0.1, 0.15) is 170 Å². The molecule has 5 rings (SSSR count). The van der Waals surface area contributed by atoms with E-state index in [0.717, 1.165) is 71.0 Å². The minimum Gasteiger partial charge on any atom is -0.0996 e. The first kappa shape index (κ1) is 32.1. The van der Waals surface area contributed by atoms with Crippen molar-refractivity contribution < 1.29 is 0 Å². The summed E-state index contributed by atoms with van der Waals surface area (Å²) in [6, 6.07) is 0. The van der Waals surface area contributed by atoms with Crippen molar-refractivity contribution in [1.29, 1.82) is 0 Å². The van der Waals surface area contributed by atoms with Gasteiger partial charge in [0.2, 0.25) is 0 Å². The summed E-state index contributed by atoms with van der Waals surface area (Å²) in [5, 5.41) is 0. The fourth-order valence-electron chi connectivity index (χ4n) is 12.3. The van der Waals surface area contributed by atoms with Crippen molar-refractivity contribution in [1.82, 2.24) is 0 Å². The van der Waals surface area contributed by atoms with Gasteiger partial charge in [-0.2, -0.15) is 0 Å². The summed E-state index contributed by atoms with van der Waals surface area (Å²) in [4.78, 5) is 0. The fourth-order valence-corrected chi connectivity index (χ4v) is 12.3. The summed E-state index contributed by atoms with van der Waals surface area (Å²) in [5.41, 5.74) is 2.15. The van der Waals surface area contributed by atoms with Gasteiger partial charge in [-0.05, 0) is 141 Å². The molecule has 0 heteroatoms. The highest BCUT2D eigenvalue weighted by atomic mass is 14.5. The van der Waals surface area contributed by atoms with Crippen LogP contribution in [-0.4, -0.2) is 0 Å². The number of hydrogen-bond acceptors (Lipinski definition) is 0. The highest BCUT2D eigenvalue weighted by Crippen LogP contribution is 2.55. The summed E-state index contributed by atoms with van der Waals surface area (Å²) in [7, 11) is 0. The van der Waals surface area contributed by atoms with Crippen molar-refractivity contribution in [2.75, 3.05) is 0 Å². The molecule has 0 nitrogen and oxygen atoms in total. The molecule has 0 aromatic carbocycles. The lowest BCUT2D eigenvalue weighted by molar-refractivity contribution is 0.160. The maximum atomic E-state index is 4.77. The van der Waals surface area contributed by atoms with E-state index in [1.807, 2.05) is 0 Å². The second kappa shape index (κ2) is 14.2. The van der Waals surface area contributed by atoms with E-state index in [4.69, 9.17) is 6.58 Å². The van der Waals surface area contributed by atoms with Crippen LogP contribution in [0.3, 0.4) is 0 Å². The largest absolute Gasteiger partial charge is 0.0996 e. The van der Waals surface area contributed by atoms with Gasteiger partial charge in [0.05, 0.1) is 0 Å². The molecule has 0 aromatic rings. The second-order valence-corrected chi connectivity index (χ2v) is 18.5. The molecule has 9 unspecified atom stereocenters. The molecule has 0 radical (unpaired) electrons. The van der Waals surface area contributed by atoms with Crippen LogP contribution in [0.25, 0.3) is 0 Å². The first-order chi connectivity index (χ1) is 19.6. The third kappa shape index (κ3) is 8.47. The first-order valence-corrected chi connectivity index (χ1v) is 19.2. The Kier molecular flexibility index (Phi) is 11.2. The van der Waals surface area contributed by atoms with Gasteiger partial charge in [-0.15, -0.1) is 0 Å². The maximum absolute atomic E-state index is 4.77. The van der Waals surface area contributed by atoms with Crippen LogP contribution in [0.15, 0.2) is 12.2 Å². The Hall–Kier alpha value is -0.260. The summed E-state index contributed by atoms with van der Waals surface area (Å²) < 4.78 is 0. The Morgan fingerprint density at radius 1 is 0.707 bits per heavy atom. The Balaban J connectivity index is 1.02. The minimum absolute atomic E-state index is 0.495. The molecular formula is C41H72. The average Bonchev–Trinajstić information content (AvgIpc) is 3.54. The van der Waals surface area contributed by atoms with Crippen molar-refractivity contribution in [2.24, 2.45) is 76.4 Å². The van der Waals surface area contributed by atoms with Crippen molar-refractivity contribution in [3.05, 3.63) is 12.2 Å². The predicted molar refractivity (Wildman–Crippen MR) is 180 cm³/mol. The summed E-state index contributed by atoms with van der Waals surface area (Å²) >= 11 is 0. The zero-order valence-electron chi connectivity index (χ0n) is 28.8. The molecule has 0 amide bonds. The summed E-state index contributed by atoms with van der Waals surface area (Å²) in [5.74, 6) is 11.8.